The number of hydrogen-bond acceptors (Lipinski definition) is 4. The van der Waals surface area contributed by atoms with E-state index in [1.807, 2.05) is 0 Å². The van der Waals surface area contributed by atoms with Crippen LogP contribution in [0.2, 0.25) is 0 Å². The summed E-state index contributed by atoms with van der Waals surface area (Å²) < 4.78 is 5.65. The minimum absolute atomic E-state index is 0.0653. The summed E-state index contributed by atoms with van der Waals surface area (Å²) in [6, 6.07) is 3.16. The molecule has 2 fully saturated rings. The highest BCUT2D eigenvalue weighted by atomic mass is 16.5. The molecular formula is C17H30N2O2. The lowest BCUT2D eigenvalue weighted by atomic mass is 9.67. The van der Waals surface area contributed by atoms with Crippen molar-refractivity contribution >= 4 is 0 Å². The number of aliphatic hydroxyl groups is 1. The molecule has 21 heavy (non-hydrogen) atoms. The molecule has 1 saturated heterocycles. The van der Waals surface area contributed by atoms with Gasteiger partial charge < -0.3 is 9.84 Å². The predicted octanol–water partition coefficient (Wildman–Crippen LogP) is 2.42. The highest BCUT2D eigenvalue weighted by molar-refractivity contribution is 5.01. The Bertz CT molecular complexity index is 385. The van der Waals surface area contributed by atoms with Gasteiger partial charge in [-0.15, -0.1) is 0 Å². The van der Waals surface area contributed by atoms with Gasteiger partial charge in [0.15, 0.2) is 0 Å². The van der Waals surface area contributed by atoms with Gasteiger partial charge in [0.05, 0.1) is 31.3 Å². The normalized spacial score (nSPS) is 39.0. The lowest BCUT2D eigenvalue weighted by Gasteiger charge is -2.48. The molecule has 1 aliphatic carbocycles. The third kappa shape index (κ3) is 3.77. The zero-order chi connectivity index (χ0) is 15.6. The van der Waals surface area contributed by atoms with E-state index in [-0.39, 0.29) is 18.6 Å². The summed E-state index contributed by atoms with van der Waals surface area (Å²) in [6.07, 6.45) is 3.14. The van der Waals surface area contributed by atoms with E-state index in [0.717, 1.165) is 25.8 Å². The van der Waals surface area contributed by atoms with Crippen molar-refractivity contribution in [1.29, 1.82) is 5.26 Å². The topological polar surface area (TPSA) is 56.5 Å². The maximum atomic E-state index is 9.53. The Hall–Kier alpha value is -0.630. The van der Waals surface area contributed by atoms with Crippen molar-refractivity contribution in [3.63, 3.8) is 0 Å². The number of morpholine rings is 1. The summed E-state index contributed by atoms with van der Waals surface area (Å²) in [6.45, 7) is 10.6. The Morgan fingerprint density at radius 1 is 1.33 bits per heavy atom. The molecule has 1 N–H and O–H groups in total. The zero-order valence-corrected chi connectivity index (χ0v) is 13.9. The number of aliphatic hydroxyl groups excluding tert-OH is 1. The molecule has 0 aromatic heterocycles. The van der Waals surface area contributed by atoms with E-state index in [1.165, 1.54) is 0 Å². The largest absolute Gasteiger partial charge is 0.394 e. The third-order valence-electron chi connectivity index (χ3n) is 5.39. The summed E-state index contributed by atoms with van der Waals surface area (Å²) in [5.41, 5.74) is 0.296. The quantitative estimate of drug-likeness (QED) is 0.850. The van der Waals surface area contributed by atoms with Crippen LogP contribution in [0, 0.1) is 28.6 Å². The van der Waals surface area contributed by atoms with Crippen LogP contribution >= 0.6 is 0 Å². The molecule has 0 aromatic rings. The molecule has 1 aliphatic heterocycles. The van der Waals surface area contributed by atoms with Crippen molar-refractivity contribution in [2.24, 2.45) is 17.3 Å². The van der Waals surface area contributed by atoms with E-state index in [9.17, 15) is 10.4 Å². The molecule has 1 heterocycles. The van der Waals surface area contributed by atoms with Gasteiger partial charge in [0, 0.05) is 18.6 Å². The standard InChI is InChI=1S/C17H30N2O2/c1-12-11-21-15(10-20)9-19(12)16-7-14(17(2,3)4)6-5-13(16)8-18/h12-16,20H,5-7,9-11H2,1-4H3. The van der Waals surface area contributed by atoms with Crippen molar-refractivity contribution in [2.45, 2.75) is 65.1 Å². The molecule has 0 radical (unpaired) electrons. The van der Waals surface area contributed by atoms with Crippen molar-refractivity contribution in [3.8, 4) is 6.07 Å². The Morgan fingerprint density at radius 2 is 2.05 bits per heavy atom. The second kappa shape index (κ2) is 6.64. The number of rotatable bonds is 2. The fraction of sp³-hybridized carbons (Fsp3) is 0.941. The predicted molar refractivity (Wildman–Crippen MR) is 82.7 cm³/mol. The van der Waals surface area contributed by atoms with Gasteiger partial charge in [0.1, 0.15) is 0 Å². The van der Waals surface area contributed by atoms with Crippen molar-refractivity contribution in [2.75, 3.05) is 19.8 Å². The molecule has 2 aliphatic rings. The molecule has 4 heteroatoms. The first-order chi connectivity index (χ1) is 9.86. The number of hydrogen-bond donors (Lipinski definition) is 1. The molecular weight excluding hydrogens is 264 g/mol. The Morgan fingerprint density at radius 3 is 2.62 bits per heavy atom. The number of nitrogens with zero attached hydrogens (tertiary/aromatic N) is 2. The van der Waals surface area contributed by atoms with Crippen molar-refractivity contribution in [3.05, 3.63) is 0 Å². The Balaban J connectivity index is 2.14. The summed E-state index contributed by atoms with van der Waals surface area (Å²) in [5.74, 6) is 0.776. The molecule has 5 atom stereocenters. The van der Waals surface area contributed by atoms with Gasteiger partial charge >= 0.3 is 0 Å². The van der Waals surface area contributed by atoms with E-state index < -0.39 is 0 Å². The fourth-order valence-corrected chi connectivity index (χ4v) is 3.86. The van der Waals surface area contributed by atoms with Gasteiger partial charge in [-0.25, -0.2) is 0 Å². The highest BCUT2D eigenvalue weighted by Crippen LogP contribution is 2.42. The molecule has 2 rings (SSSR count). The van der Waals surface area contributed by atoms with Crippen LogP contribution in [0.1, 0.15) is 47.0 Å². The summed E-state index contributed by atoms with van der Waals surface area (Å²) in [7, 11) is 0. The maximum absolute atomic E-state index is 9.53. The van der Waals surface area contributed by atoms with Crippen molar-refractivity contribution in [1.82, 2.24) is 4.90 Å². The first kappa shape index (κ1) is 16.7. The molecule has 0 aromatic carbocycles. The minimum Gasteiger partial charge on any atom is -0.394 e. The Labute approximate surface area is 129 Å². The van der Waals surface area contributed by atoms with Gasteiger partial charge in [-0.05, 0) is 37.5 Å². The van der Waals surface area contributed by atoms with Crippen LogP contribution in [-0.4, -0.2) is 48.0 Å². The number of ether oxygens (including phenoxy) is 1. The second-order valence-corrected chi connectivity index (χ2v) is 7.86. The van der Waals surface area contributed by atoms with E-state index in [2.05, 4.69) is 38.7 Å². The minimum atomic E-state index is -0.101. The fourth-order valence-electron chi connectivity index (χ4n) is 3.86. The summed E-state index contributed by atoms with van der Waals surface area (Å²) >= 11 is 0. The van der Waals surface area contributed by atoms with Crippen LogP contribution < -0.4 is 0 Å². The Kier molecular flexibility index (Phi) is 5.29. The first-order valence-corrected chi connectivity index (χ1v) is 8.24. The molecule has 0 bridgehead atoms. The van der Waals surface area contributed by atoms with E-state index in [0.29, 0.717) is 30.0 Å². The van der Waals surface area contributed by atoms with Gasteiger partial charge in [-0.1, -0.05) is 20.8 Å². The zero-order valence-electron chi connectivity index (χ0n) is 13.9. The van der Waals surface area contributed by atoms with Crippen molar-refractivity contribution < 1.29 is 9.84 Å². The summed E-state index contributed by atoms with van der Waals surface area (Å²) in [5, 5.41) is 18.9. The van der Waals surface area contributed by atoms with Crippen LogP contribution in [-0.2, 0) is 4.74 Å². The average Bonchev–Trinajstić information content (AvgIpc) is 2.46. The van der Waals surface area contributed by atoms with Gasteiger partial charge in [0.25, 0.3) is 0 Å². The van der Waals surface area contributed by atoms with E-state index in [4.69, 9.17) is 4.74 Å². The average molecular weight is 294 g/mol. The molecule has 0 spiro atoms. The van der Waals surface area contributed by atoms with Gasteiger partial charge in [-0.3, -0.25) is 4.90 Å². The summed E-state index contributed by atoms with van der Waals surface area (Å²) in [4.78, 5) is 2.43. The molecule has 0 amide bonds. The lowest BCUT2D eigenvalue weighted by Crippen LogP contribution is -2.57. The van der Waals surface area contributed by atoms with E-state index >= 15 is 0 Å². The smallest absolute Gasteiger partial charge is 0.0933 e. The molecule has 1 saturated carbocycles. The lowest BCUT2D eigenvalue weighted by molar-refractivity contribution is -0.105. The molecule has 4 nitrogen and oxygen atoms in total. The molecule has 5 unspecified atom stereocenters. The first-order valence-electron chi connectivity index (χ1n) is 8.24. The van der Waals surface area contributed by atoms with Crippen LogP contribution in [0.15, 0.2) is 0 Å². The second-order valence-electron chi connectivity index (χ2n) is 7.86. The molecule has 120 valence electrons. The van der Waals surface area contributed by atoms with Crippen LogP contribution in [0.3, 0.4) is 0 Å². The van der Waals surface area contributed by atoms with Crippen LogP contribution in [0.4, 0.5) is 0 Å². The monoisotopic (exact) mass is 294 g/mol. The third-order valence-corrected chi connectivity index (χ3v) is 5.39. The van der Waals surface area contributed by atoms with E-state index in [1.54, 1.807) is 0 Å². The number of nitriles is 1. The van der Waals surface area contributed by atoms with Crippen LogP contribution in [0.25, 0.3) is 0 Å². The van der Waals surface area contributed by atoms with Gasteiger partial charge in [-0.2, -0.15) is 5.26 Å². The maximum Gasteiger partial charge on any atom is 0.0933 e. The SMILES string of the molecule is CC1COC(CO)CN1C1CC(C(C)(C)C)CCC1C#N. The highest BCUT2D eigenvalue weighted by Gasteiger charge is 2.41. The van der Waals surface area contributed by atoms with Gasteiger partial charge in [0.2, 0.25) is 0 Å². The van der Waals surface area contributed by atoms with Crippen LogP contribution in [0.5, 0.6) is 0 Å².